The van der Waals surface area contributed by atoms with Crippen molar-refractivity contribution >= 4 is 0 Å². The SMILES string of the molecule is C=CCOCC1(C)COC2(OC1)OCC(C)(COCC=C)CO2. The summed E-state index contributed by atoms with van der Waals surface area (Å²) in [5, 5.41) is 0. The highest BCUT2D eigenvalue weighted by molar-refractivity contribution is 4.82. The van der Waals surface area contributed by atoms with Crippen molar-refractivity contribution in [3.8, 4) is 0 Å². The van der Waals surface area contributed by atoms with Gasteiger partial charge in [-0.2, -0.15) is 0 Å². The molecular formula is C17H28O6. The predicted molar refractivity (Wildman–Crippen MR) is 84.8 cm³/mol. The van der Waals surface area contributed by atoms with Crippen molar-refractivity contribution in [1.29, 1.82) is 0 Å². The van der Waals surface area contributed by atoms with E-state index in [0.717, 1.165) is 0 Å². The lowest BCUT2D eigenvalue weighted by Gasteiger charge is -2.47. The zero-order chi connectivity index (χ0) is 16.8. The molecule has 0 N–H and O–H groups in total. The molecule has 0 aromatic heterocycles. The molecule has 0 radical (unpaired) electrons. The summed E-state index contributed by atoms with van der Waals surface area (Å²) < 4.78 is 34.0. The molecule has 0 amide bonds. The van der Waals surface area contributed by atoms with Crippen molar-refractivity contribution in [2.24, 2.45) is 10.8 Å². The van der Waals surface area contributed by atoms with Gasteiger partial charge in [0, 0.05) is 10.8 Å². The maximum absolute atomic E-state index is 5.74. The molecule has 6 heteroatoms. The largest absolute Gasteiger partial charge is 0.412 e. The van der Waals surface area contributed by atoms with E-state index in [0.29, 0.717) is 52.9 Å². The molecule has 0 bridgehead atoms. The van der Waals surface area contributed by atoms with Gasteiger partial charge in [0.15, 0.2) is 0 Å². The van der Waals surface area contributed by atoms with Crippen LogP contribution in [-0.2, 0) is 28.4 Å². The Morgan fingerprint density at radius 2 is 1.13 bits per heavy atom. The molecule has 0 unspecified atom stereocenters. The van der Waals surface area contributed by atoms with E-state index in [1.54, 1.807) is 12.2 Å². The van der Waals surface area contributed by atoms with Crippen molar-refractivity contribution in [2.45, 2.75) is 20.0 Å². The van der Waals surface area contributed by atoms with Crippen LogP contribution in [0, 0.1) is 10.8 Å². The minimum atomic E-state index is -1.39. The zero-order valence-electron chi connectivity index (χ0n) is 14.2. The normalized spacial score (nSPS) is 37.7. The van der Waals surface area contributed by atoms with Gasteiger partial charge in [-0.3, -0.25) is 0 Å². The quantitative estimate of drug-likeness (QED) is 0.502. The third kappa shape index (κ3) is 5.11. The van der Waals surface area contributed by atoms with Gasteiger partial charge in [0.2, 0.25) is 0 Å². The van der Waals surface area contributed by atoms with Gasteiger partial charge in [-0.05, 0) is 0 Å². The lowest BCUT2D eigenvalue weighted by Crippen LogP contribution is -2.58. The van der Waals surface area contributed by atoms with Gasteiger partial charge < -0.3 is 28.4 Å². The second-order valence-electron chi connectivity index (χ2n) is 6.88. The summed E-state index contributed by atoms with van der Waals surface area (Å²) in [6.07, 6.45) is 2.05. The average molecular weight is 328 g/mol. The molecule has 1 spiro atoms. The highest BCUT2D eigenvalue weighted by Gasteiger charge is 2.50. The fraction of sp³-hybridized carbons (Fsp3) is 0.765. The van der Waals surface area contributed by atoms with Crippen LogP contribution in [-0.4, -0.2) is 59.0 Å². The summed E-state index contributed by atoms with van der Waals surface area (Å²) in [4.78, 5) is 0. The molecule has 0 aromatic carbocycles. The lowest BCUT2D eigenvalue weighted by molar-refractivity contribution is -0.547. The Morgan fingerprint density at radius 3 is 1.43 bits per heavy atom. The molecule has 2 aliphatic rings. The van der Waals surface area contributed by atoms with Crippen LogP contribution in [0.25, 0.3) is 0 Å². The molecule has 2 saturated heterocycles. The van der Waals surface area contributed by atoms with E-state index < -0.39 is 6.16 Å². The van der Waals surface area contributed by atoms with Crippen LogP contribution in [0.4, 0.5) is 0 Å². The van der Waals surface area contributed by atoms with E-state index >= 15 is 0 Å². The molecule has 0 aromatic rings. The van der Waals surface area contributed by atoms with Crippen molar-refractivity contribution in [3.63, 3.8) is 0 Å². The molecule has 2 fully saturated rings. The van der Waals surface area contributed by atoms with E-state index in [4.69, 9.17) is 28.4 Å². The number of rotatable bonds is 8. The summed E-state index contributed by atoms with van der Waals surface area (Å²) in [7, 11) is 0. The minimum Gasteiger partial charge on any atom is -0.377 e. The van der Waals surface area contributed by atoms with Crippen molar-refractivity contribution < 1.29 is 28.4 Å². The van der Waals surface area contributed by atoms with Crippen LogP contribution in [0.15, 0.2) is 25.3 Å². The van der Waals surface area contributed by atoms with Crippen LogP contribution in [0.5, 0.6) is 0 Å². The summed E-state index contributed by atoms with van der Waals surface area (Å²) in [5.74, 6) is 0. The lowest BCUT2D eigenvalue weighted by atomic mass is 9.93. The van der Waals surface area contributed by atoms with Gasteiger partial charge in [-0.15, -0.1) is 13.2 Å². The Hall–Kier alpha value is -0.760. The van der Waals surface area contributed by atoms with Crippen molar-refractivity contribution in [1.82, 2.24) is 0 Å². The second kappa shape index (κ2) is 7.88. The fourth-order valence-corrected chi connectivity index (χ4v) is 2.33. The summed E-state index contributed by atoms with van der Waals surface area (Å²) in [6.45, 7) is 15.2. The highest BCUT2D eigenvalue weighted by atomic mass is 17.0. The van der Waals surface area contributed by atoms with E-state index in [9.17, 15) is 0 Å². The fourth-order valence-electron chi connectivity index (χ4n) is 2.33. The monoisotopic (exact) mass is 328 g/mol. The number of hydrogen-bond acceptors (Lipinski definition) is 6. The molecule has 2 heterocycles. The van der Waals surface area contributed by atoms with Gasteiger partial charge in [-0.1, -0.05) is 26.0 Å². The smallest absolute Gasteiger partial charge is 0.377 e. The molecule has 2 rings (SSSR count). The van der Waals surface area contributed by atoms with Crippen LogP contribution < -0.4 is 0 Å². The Kier molecular flexibility index (Phi) is 6.36. The highest BCUT2D eigenvalue weighted by Crippen LogP contribution is 2.37. The molecule has 2 aliphatic heterocycles. The van der Waals surface area contributed by atoms with Crippen LogP contribution in [0.3, 0.4) is 0 Å². The molecule has 132 valence electrons. The summed E-state index contributed by atoms with van der Waals surface area (Å²) in [6, 6.07) is 0. The molecule has 6 nitrogen and oxygen atoms in total. The van der Waals surface area contributed by atoms with Crippen LogP contribution >= 0.6 is 0 Å². The van der Waals surface area contributed by atoms with E-state index in [1.807, 2.05) is 13.8 Å². The molecule has 0 aliphatic carbocycles. The maximum atomic E-state index is 5.74. The van der Waals surface area contributed by atoms with Gasteiger partial charge in [0.25, 0.3) is 0 Å². The summed E-state index contributed by atoms with van der Waals surface area (Å²) >= 11 is 0. The standard InChI is InChI=1S/C17H28O6/c1-5-7-18-9-15(3)11-20-17(21-12-15)22-13-16(4,14-23-17)10-19-8-6-2/h5-6H,1-2,7-14H2,3-4H3. The molecule has 0 saturated carbocycles. The topological polar surface area (TPSA) is 55.4 Å². The zero-order valence-corrected chi connectivity index (χ0v) is 14.2. The van der Waals surface area contributed by atoms with Crippen molar-refractivity contribution in [3.05, 3.63) is 25.3 Å². The first kappa shape index (κ1) is 18.6. The molecule has 0 atom stereocenters. The predicted octanol–water partition coefficient (Wildman–Crippen LogP) is 2.11. The van der Waals surface area contributed by atoms with Crippen LogP contribution in [0.2, 0.25) is 0 Å². The maximum Gasteiger partial charge on any atom is 0.412 e. The van der Waals surface area contributed by atoms with Gasteiger partial charge in [-0.25, -0.2) is 0 Å². The second-order valence-corrected chi connectivity index (χ2v) is 6.88. The number of hydrogen-bond donors (Lipinski definition) is 0. The summed E-state index contributed by atoms with van der Waals surface area (Å²) in [5.41, 5.74) is -0.455. The Balaban J connectivity index is 1.79. The molecule has 23 heavy (non-hydrogen) atoms. The minimum absolute atomic E-state index is 0.227. The molecular weight excluding hydrogens is 300 g/mol. The van der Waals surface area contributed by atoms with Gasteiger partial charge >= 0.3 is 6.16 Å². The first-order valence-corrected chi connectivity index (χ1v) is 7.88. The number of ether oxygens (including phenoxy) is 6. The first-order valence-electron chi connectivity index (χ1n) is 7.88. The third-order valence-electron chi connectivity index (χ3n) is 3.76. The van der Waals surface area contributed by atoms with Crippen LogP contribution in [0.1, 0.15) is 13.8 Å². The van der Waals surface area contributed by atoms with E-state index in [2.05, 4.69) is 13.2 Å². The first-order chi connectivity index (χ1) is 10.9. The van der Waals surface area contributed by atoms with E-state index in [-0.39, 0.29) is 10.8 Å². The Morgan fingerprint density at radius 1 is 0.783 bits per heavy atom. The van der Waals surface area contributed by atoms with Crippen molar-refractivity contribution in [2.75, 3.05) is 52.9 Å². The van der Waals surface area contributed by atoms with Gasteiger partial charge in [0.1, 0.15) is 0 Å². The van der Waals surface area contributed by atoms with E-state index in [1.165, 1.54) is 0 Å². The third-order valence-corrected chi connectivity index (χ3v) is 3.76. The Bertz CT molecular complexity index is 350. The van der Waals surface area contributed by atoms with Gasteiger partial charge in [0.05, 0.1) is 52.9 Å². The Labute approximate surface area is 138 Å². The average Bonchev–Trinajstić information content (AvgIpc) is 2.54.